The van der Waals surface area contributed by atoms with Crippen molar-refractivity contribution in [2.24, 2.45) is 0 Å². The summed E-state index contributed by atoms with van der Waals surface area (Å²) in [6.07, 6.45) is 3.34. The van der Waals surface area contributed by atoms with Crippen molar-refractivity contribution >= 4 is 11.8 Å². The maximum absolute atomic E-state index is 13.7. The van der Waals surface area contributed by atoms with Gasteiger partial charge in [-0.2, -0.15) is 5.10 Å². The van der Waals surface area contributed by atoms with Gasteiger partial charge in [-0.1, -0.05) is 31.2 Å². The molecular weight excluding hydrogens is 473 g/mol. The van der Waals surface area contributed by atoms with Gasteiger partial charge in [0.1, 0.15) is 29.4 Å². The van der Waals surface area contributed by atoms with Gasteiger partial charge in [0.25, 0.3) is 11.8 Å². The van der Waals surface area contributed by atoms with E-state index in [1.165, 1.54) is 18.5 Å². The molecule has 4 aromatic rings. The predicted octanol–water partition coefficient (Wildman–Crippen LogP) is 3.62. The first kappa shape index (κ1) is 24.2. The molecule has 0 spiro atoms. The lowest BCUT2D eigenvalue weighted by Gasteiger charge is -2.14. The van der Waals surface area contributed by atoms with Crippen molar-refractivity contribution < 1.29 is 14.0 Å². The smallest absolute Gasteiger partial charge is 0.270 e. The van der Waals surface area contributed by atoms with E-state index in [0.29, 0.717) is 17.8 Å². The summed E-state index contributed by atoms with van der Waals surface area (Å²) in [5, 5.41) is 12.9. The Hall–Kier alpha value is -4.47. The van der Waals surface area contributed by atoms with E-state index in [2.05, 4.69) is 41.8 Å². The number of rotatable bonds is 7. The molecule has 3 N–H and O–H groups in total. The van der Waals surface area contributed by atoms with Gasteiger partial charge in [0.2, 0.25) is 0 Å². The molecule has 10 heteroatoms. The largest absolute Gasteiger partial charge is 0.347 e. The van der Waals surface area contributed by atoms with Crippen LogP contribution < -0.4 is 10.6 Å². The second-order valence-electron chi connectivity index (χ2n) is 8.97. The molecule has 2 aromatic heterocycles. The molecule has 2 heterocycles. The average Bonchev–Trinajstić information content (AvgIpc) is 3.53. The molecule has 188 valence electrons. The number of H-pyrrole nitrogens is 1. The first-order chi connectivity index (χ1) is 17.9. The number of fused-ring (bicyclic) bond motifs is 1. The highest BCUT2D eigenvalue weighted by atomic mass is 19.1. The first-order valence-electron chi connectivity index (χ1n) is 12.1. The third-order valence-electron chi connectivity index (χ3n) is 6.46. The van der Waals surface area contributed by atoms with Crippen LogP contribution in [0.5, 0.6) is 0 Å². The van der Waals surface area contributed by atoms with E-state index >= 15 is 0 Å². The summed E-state index contributed by atoms with van der Waals surface area (Å²) < 4.78 is 13.7. The molecule has 0 bridgehead atoms. The zero-order valence-electron chi connectivity index (χ0n) is 20.5. The summed E-state index contributed by atoms with van der Waals surface area (Å²) >= 11 is 0. The fourth-order valence-electron chi connectivity index (χ4n) is 4.50. The van der Waals surface area contributed by atoms with Crippen LogP contribution in [0.2, 0.25) is 0 Å². The minimum absolute atomic E-state index is 0.0798. The lowest BCUT2D eigenvalue weighted by molar-refractivity contribution is 0.0931. The summed E-state index contributed by atoms with van der Waals surface area (Å²) in [5.74, 6) is 0.303. The Morgan fingerprint density at radius 3 is 2.65 bits per heavy atom. The van der Waals surface area contributed by atoms with Crippen LogP contribution in [0.15, 0.2) is 48.8 Å². The fraction of sp³-hybridized carbons (Fsp3) is 0.259. The van der Waals surface area contributed by atoms with Gasteiger partial charge in [0.15, 0.2) is 5.82 Å². The summed E-state index contributed by atoms with van der Waals surface area (Å²) in [7, 11) is 0. The highest BCUT2D eigenvalue weighted by molar-refractivity contribution is 5.97. The third kappa shape index (κ3) is 5.23. The number of hydrogen-bond donors (Lipinski definition) is 3. The highest BCUT2D eigenvalue weighted by Crippen LogP contribution is 2.33. The van der Waals surface area contributed by atoms with Crippen LogP contribution in [0, 0.1) is 12.7 Å². The van der Waals surface area contributed by atoms with E-state index in [0.717, 1.165) is 40.9 Å². The minimum Gasteiger partial charge on any atom is -0.347 e. The van der Waals surface area contributed by atoms with Crippen molar-refractivity contribution in [3.05, 3.63) is 94.1 Å². The van der Waals surface area contributed by atoms with Crippen LogP contribution in [0.4, 0.5) is 4.39 Å². The Morgan fingerprint density at radius 1 is 1.08 bits per heavy atom. The molecule has 0 radical (unpaired) electrons. The number of amides is 2. The molecule has 0 aliphatic heterocycles. The Kier molecular flexibility index (Phi) is 6.72. The van der Waals surface area contributed by atoms with E-state index < -0.39 is 5.91 Å². The molecule has 2 aromatic carbocycles. The Bertz CT molecular complexity index is 1480. The summed E-state index contributed by atoms with van der Waals surface area (Å²) in [6.45, 7) is 3.94. The van der Waals surface area contributed by atoms with Crippen LogP contribution in [-0.2, 0) is 19.4 Å². The van der Waals surface area contributed by atoms with E-state index in [4.69, 9.17) is 0 Å². The van der Waals surface area contributed by atoms with Crippen LogP contribution in [0.1, 0.15) is 68.4 Å². The second-order valence-corrected chi connectivity index (χ2v) is 8.97. The van der Waals surface area contributed by atoms with Gasteiger partial charge >= 0.3 is 0 Å². The van der Waals surface area contributed by atoms with E-state index in [1.54, 1.807) is 12.1 Å². The van der Waals surface area contributed by atoms with E-state index in [1.807, 2.05) is 26.0 Å². The monoisotopic (exact) mass is 499 g/mol. The number of benzene rings is 2. The van der Waals surface area contributed by atoms with Crippen molar-refractivity contribution in [3.8, 4) is 11.4 Å². The number of halogens is 1. The van der Waals surface area contributed by atoms with Crippen molar-refractivity contribution in [1.82, 2.24) is 35.8 Å². The molecule has 5 rings (SSSR count). The topological polar surface area (TPSA) is 126 Å². The predicted molar refractivity (Wildman–Crippen MR) is 134 cm³/mol. The molecule has 2 amide bonds. The van der Waals surface area contributed by atoms with Gasteiger partial charge < -0.3 is 10.6 Å². The number of aromatic amines is 1. The normalized spacial score (nSPS) is 14.3. The average molecular weight is 500 g/mol. The molecule has 0 unspecified atom stereocenters. The lowest BCUT2D eigenvalue weighted by atomic mass is 10.0. The van der Waals surface area contributed by atoms with Crippen LogP contribution in [0.25, 0.3) is 11.4 Å². The summed E-state index contributed by atoms with van der Waals surface area (Å²) in [4.78, 5) is 38.1. The maximum atomic E-state index is 13.7. The SMILES string of the molecule is CCc1cc(CNC(=O)c2cc(C(=O)N[C@H]3CCc4cc(-c5n[nH]c(C)n5)ccc43)ncn2)ccc1F. The second kappa shape index (κ2) is 10.3. The number of nitrogens with zero attached hydrogens (tertiary/aromatic N) is 4. The Labute approximate surface area is 213 Å². The summed E-state index contributed by atoms with van der Waals surface area (Å²) in [5.41, 5.74) is 4.66. The number of carbonyl (C=O) groups excluding carboxylic acids is 2. The molecule has 0 fully saturated rings. The van der Waals surface area contributed by atoms with Gasteiger partial charge in [0, 0.05) is 18.2 Å². The van der Waals surface area contributed by atoms with Gasteiger partial charge in [-0.05, 0) is 60.6 Å². The molecular formula is C27H26FN7O2. The quantitative estimate of drug-likeness (QED) is 0.357. The third-order valence-corrected chi connectivity index (χ3v) is 6.46. The fourth-order valence-corrected chi connectivity index (χ4v) is 4.50. The molecule has 37 heavy (non-hydrogen) atoms. The van der Waals surface area contributed by atoms with Crippen LogP contribution in [-0.4, -0.2) is 37.0 Å². The lowest BCUT2D eigenvalue weighted by Crippen LogP contribution is -2.29. The minimum atomic E-state index is -0.445. The van der Waals surface area contributed by atoms with Crippen LogP contribution >= 0.6 is 0 Å². The molecule has 1 aliphatic rings. The van der Waals surface area contributed by atoms with Gasteiger partial charge in [0.05, 0.1) is 6.04 Å². The summed E-state index contributed by atoms with van der Waals surface area (Å²) in [6, 6.07) is 12.0. The number of hydrogen-bond acceptors (Lipinski definition) is 6. The number of carbonyl (C=O) groups is 2. The van der Waals surface area contributed by atoms with Crippen molar-refractivity contribution in [2.75, 3.05) is 0 Å². The van der Waals surface area contributed by atoms with E-state index in [9.17, 15) is 14.0 Å². The zero-order valence-corrected chi connectivity index (χ0v) is 20.5. The van der Waals surface area contributed by atoms with Gasteiger partial charge in [-0.15, -0.1) is 0 Å². The number of nitrogens with one attached hydrogen (secondary N) is 3. The molecule has 1 aliphatic carbocycles. The van der Waals surface area contributed by atoms with Gasteiger partial charge in [-0.25, -0.2) is 19.3 Å². The zero-order chi connectivity index (χ0) is 25.9. The van der Waals surface area contributed by atoms with Crippen LogP contribution in [0.3, 0.4) is 0 Å². The van der Waals surface area contributed by atoms with Gasteiger partial charge in [-0.3, -0.25) is 14.7 Å². The number of aryl methyl sites for hydroxylation is 3. The van der Waals surface area contributed by atoms with Crippen molar-refractivity contribution in [3.63, 3.8) is 0 Å². The van der Waals surface area contributed by atoms with Crippen molar-refractivity contribution in [1.29, 1.82) is 0 Å². The molecule has 0 saturated heterocycles. The number of aromatic nitrogens is 5. The highest BCUT2D eigenvalue weighted by Gasteiger charge is 2.26. The maximum Gasteiger partial charge on any atom is 0.270 e. The Morgan fingerprint density at radius 2 is 1.89 bits per heavy atom. The Balaban J connectivity index is 1.23. The molecule has 9 nitrogen and oxygen atoms in total. The molecule has 0 saturated carbocycles. The first-order valence-corrected chi connectivity index (χ1v) is 12.1. The standard InChI is InChI=1S/C27H26FN7O2/c1-3-17-10-16(4-8-21(17)28)13-29-26(36)23-12-24(31-14-30-23)27(37)33-22-9-6-18-11-19(5-7-20(18)22)25-32-15(2)34-35-25/h4-5,7-8,10-12,14,22H,3,6,9,13H2,1-2H3,(H,29,36)(H,33,37)(H,32,34,35)/t22-/m0/s1. The van der Waals surface area contributed by atoms with Crippen molar-refractivity contribution in [2.45, 2.75) is 45.7 Å². The van der Waals surface area contributed by atoms with E-state index in [-0.39, 0.29) is 35.7 Å². The molecule has 1 atom stereocenters.